The van der Waals surface area contributed by atoms with Crippen molar-refractivity contribution in [2.45, 2.75) is 31.1 Å². The van der Waals surface area contributed by atoms with E-state index < -0.39 is 31.1 Å². The maximum atomic E-state index is 10.2. The molecular formula is C15H17N5O5. The monoisotopic (exact) mass is 347 g/mol. The Balaban J connectivity index is 1.63. The summed E-state index contributed by atoms with van der Waals surface area (Å²) in [7, 11) is 0. The van der Waals surface area contributed by atoms with Crippen LogP contribution in [0.3, 0.4) is 0 Å². The minimum atomic E-state index is -1.20. The van der Waals surface area contributed by atoms with Gasteiger partial charge < -0.3 is 29.8 Å². The van der Waals surface area contributed by atoms with Crippen LogP contribution < -0.4 is 5.32 Å². The van der Waals surface area contributed by atoms with E-state index in [0.717, 1.165) is 5.56 Å². The molecule has 4 heterocycles. The average Bonchev–Trinajstić information content (AvgIpc) is 3.34. The number of rotatable bonds is 5. The molecule has 4 rings (SSSR count). The third-order valence-corrected chi connectivity index (χ3v) is 4.19. The molecule has 0 saturated carbocycles. The van der Waals surface area contributed by atoms with Crippen molar-refractivity contribution in [1.29, 1.82) is 0 Å². The molecule has 0 bridgehead atoms. The van der Waals surface area contributed by atoms with Gasteiger partial charge in [-0.2, -0.15) is 0 Å². The summed E-state index contributed by atoms with van der Waals surface area (Å²) in [6.07, 6.45) is 1.90. The minimum absolute atomic E-state index is 0.395. The first-order valence-electron chi connectivity index (χ1n) is 7.74. The number of nitrogens with zero attached hydrogens (tertiary/aromatic N) is 4. The second-order valence-corrected chi connectivity index (χ2v) is 5.76. The van der Waals surface area contributed by atoms with Gasteiger partial charge in [-0.15, -0.1) is 0 Å². The van der Waals surface area contributed by atoms with E-state index >= 15 is 0 Å². The van der Waals surface area contributed by atoms with Crippen LogP contribution in [0.25, 0.3) is 11.2 Å². The van der Waals surface area contributed by atoms with Crippen LogP contribution in [0.15, 0.2) is 35.7 Å². The first-order valence-corrected chi connectivity index (χ1v) is 7.74. The summed E-state index contributed by atoms with van der Waals surface area (Å²) in [5.41, 5.74) is 1.90. The summed E-state index contributed by atoms with van der Waals surface area (Å²) in [5.74, 6) is 0.525. The van der Waals surface area contributed by atoms with Crippen LogP contribution >= 0.6 is 0 Å². The highest BCUT2D eigenvalue weighted by molar-refractivity contribution is 5.82. The SMILES string of the molecule is OC[C@H]1O[C@@H](n2cnc3c(NCc4ccoc4)ncnc32)C(O)[C@H]1O. The summed E-state index contributed by atoms with van der Waals surface area (Å²) in [6.45, 7) is 0.108. The summed E-state index contributed by atoms with van der Waals surface area (Å²) in [5, 5.41) is 32.5. The number of ether oxygens (including phenoxy) is 1. The van der Waals surface area contributed by atoms with E-state index in [0.29, 0.717) is 23.5 Å². The first kappa shape index (κ1) is 16.0. The molecule has 132 valence electrons. The van der Waals surface area contributed by atoms with E-state index in [-0.39, 0.29) is 0 Å². The summed E-state index contributed by atoms with van der Waals surface area (Å²) in [4.78, 5) is 12.7. The molecule has 1 saturated heterocycles. The predicted molar refractivity (Wildman–Crippen MR) is 84.4 cm³/mol. The highest BCUT2D eigenvalue weighted by Crippen LogP contribution is 2.32. The minimum Gasteiger partial charge on any atom is -0.472 e. The molecule has 3 aromatic heterocycles. The van der Waals surface area contributed by atoms with E-state index in [4.69, 9.17) is 9.15 Å². The zero-order valence-corrected chi connectivity index (χ0v) is 13.1. The maximum Gasteiger partial charge on any atom is 0.167 e. The van der Waals surface area contributed by atoms with Crippen LogP contribution in [0, 0.1) is 0 Å². The van der Waals surface area contributed by atoms with Gasteiger partial charge in [-0.1, -0.05) is 0 Å². The van der Waals surface area contributed by atoms with Gasteiger partial charge in [-0.25, -0.2) is 15.0 Å². The van der Waals surface area contributed by atoms with Crippen molar-refractivity contribution in [3.05, 3.63) is 36.8 Å². The highest BCUT2D eigenvalue weighted by Gasteiger charge is 2.44. The van der Waals surface area contributed by atoms with Crippen LogP contribution in [0.1, 0.15) is 11.8 Å². The van der Waals surface area contributed by atoms with E-state index in [1.165, 1.54) is 17.2 Å². The van der Waals surface area contributed by atoms with Gasteiger partial charge in [0.05, 0.1) is 25.5 Å². The fourth-order valence-electron chi connectivity index (χ4n) is 2.86. The Kier molecular flexibility index (Phi) is 4.09. The van der Waals surface area contributed by atoms with Gasteiger partial charge in [0.2, 0.25) is 0 Å². The number of hydrogen-bond donors (Lipinski definition) is 4. The third-order valence-electron chi connectivity index (χ3n) is 4.19. The first-order chi connectivity index (χ1) is 12.2. The average molecular weight is 347 g/mol. The Morgan fingerprint density at radius 2 is 2.08 bits per heavy atom. The van der Waals surface area contributed by atoms with Crippen LogP contribution in [0.2, 0.25) is 0 Å². The van der Waals surface area contributed by atoms with E-state index in [2.05, 4.69) is 20.3 Å². The molecule has 0 amide bonds. The fraction of sp³-hybridized carbons (Fsp3) is 0.400. The molecule has 1 aliphatic rings. The molecule has 0 spiro atoms. The van der Waals surface area contributed by atoms with Crippen LogP contribution in [-0.4, -0.2) is 59.8 Å². The number of aliphatic hydroxyl groups is 3. The van der Waals surface area contributed by atoms with Crippen molar-refractivity contribution in [2.75, 3.05) is 11.9 Å². The Morgan fingerprint density at radius 1 is 1.20 bits per heavy atom. The molecule has 3 aromatic rings. The largest absolute Gasteiger partial charge is 0.472 e. The van der Waals surface area contributed by atoms with Crippen LogP contribution in [0.5, 0.6) is 0 Å². The molecule has 10 nitrogen and oxygen atoms in total. The molecule has 10 heteroatoms. The lowest BCUT2D eigenvalue weighted by Crippen LogP contribution is -2.33. The van der Waals surface area contributed by atoms with Crippen LogP contribution in [-0.2, 0) is 11.3 Å². The molecular weight excluding hydrogens is 330 g/mol. The second kappa shape index (κ2) is 6.41. The summed E-state index contributed by atoms with van der Waals surface area (Å²) >= 11 is 0. The van der Waals surface area contributed by atoms with Gasteiger partial charge in [0.1, 0.15) is 24.6 Å². The van der Waals surface area contributed by atoms with Gasteiger partial charge in [-0.05, 0) is 6.07 Å². The van der Waals surface area contributed by atoms with E-state index in [9.17, 15) is 15.3 Å². The van der Waals surface area contributed by atoms with Crippen LogP contribution in [0.4, 0.5) is 5.82 Å². The number of imidazole rings is 1. The molecule has 1 unspecified atom stereocenters. The Hall–Kier alpha value is -2.53. The molecule has 4 N–H and O–H groups in total. The van der Waals surface area contributed by atoms with Crippen molar-refractivity contribution >= 4 is 17.0 Å². The number of anilines is 1. The quantitative estimate of drug-likeness (QED) is 0.487. The second-order valence-electron chi connectivity index (χ2n) is 5.76. The Bertz CT molecular complexity index is 851. The van der Waals surface area contributed by atoms with Crippen molar-refractivity contribution in [1.82, 2.24) is 19.5 Å². The van der Waals surface area contributed by atoms with Crippen molar-refractivity contribution in [3.63, 3.8) is 0 Å². The Labute approximate surface area is 141 Å². The van der Waals surface area contributed by atoms with Crippen molar-refractivity contribution in [3.8, 4) is 0 Å². The standard InChI is InChI=1S/C15H17N5O5/c21-4-9-11(22)12(23)15(25-9)20-7-19-10-13(17-6-18-14(10)20)16-3-8-1-2-24-5-8/h1-2,5-7,9,11-12,15,21-23H,3-4H2,(H,16,17,18)/t9-,11+,12?,15-/m1/s1. The number of aromatic nitrogens is 4. The summed E-state index contributed by atoms with van der Waals surface area (Å²) in [6, 6.07) is 1.84. The molecule has 0 aliphatic carbocycles. The molecule has 1 fully saturated rings. The van der Waals surface area contributed by atoms with E-state index in [1.807, 2.05) is 6.07 Å². The normalized spacial score (nSPS) is 26.4. The zero-order valence-electron chi connectivity index (χ0n) is 13.1. The lowest BCUT2D eigenvalue weighted by atomic mass is 10.1. The zero-order chi connectivity index (χ0) is 17.4. The lowest BCUT2D eigenvalue weighted by Gasteiger charge is -2.16. The topological polar surface area (TPSA) is 139 Å². The molecule has 25 heavy (non-hydrogen) atoms. The number of aliphatic hydroxyl groups excluding tert-OH is 3. The number of fused-ring (bicyclic) bond motifs is 1. The van der Waals surface area contributed by atoms with Gasteiger partial charge in [0, 0.05) is 12.1 Å². The fourth-order valence-corrected chi connectivity index (χ4v) is 2.86. The van der Waals surface area contributed by atoms with Gasteiger partial charge >= 0.3 is 0 Å². The maximum absolute atomic E-state index is 10.2. The van der Waals surface area contributed by atoms with Crippen molar-refractivity contribution in [2.24, 2.45) is 0 Å². The molecule has 4 atom stereocenters. The van der Waals surface area contributed by atoms with Gasteiger partial charge in [-0.3, -0.25) is 4.57 Å². The number of hydrogen-bond acceptors (Lipinski definition) is 9. The molecule has 0 radical (unpaired) electrons. The third kappa shape index (κ3) is 2.74. The number of furan rings is 1. The lowest BCUT2D eigenvalue weighted by molar-refractivity contribution is -0.0511. The number of nitrogens with one attached hydrogen (secondary N) is 1. The van der Waals surface area contributed by atoms with E-state index in [1.54, 1.807) is 12.5 Å². The van der Waals surface area contributed by atoms with Crippen molar-refractivity contribution < 1.29 is 24.5 Å². The highest BCUT2D eigenvalue weighted by atomic mass is 16.6. The predicted octanol–water partition coefficient (Wildman–Crippen LogP) is -0.357. The molecule has 0 aromatic carbocycles. The molecule has 1 aliphatic heterocycles. The summed E-state index contributed by atoms with van der Waals surface area (Å²) < 4.78 is 12.1. The van der Waals surface area contributed by atoms with Gasteiger partial charge in [0.15, 0.2) is 23.2 Å². The Morgan fingerprint density at radius 3 is 2.80 bits per heavy atom. The smallest absolute Gasteiger partial charge is 0.167 e. The van der Waals surface area contributed by atoms with Gasteiger partial charge in [0.25, 0.3) is 0 Å².